The molecule has 0 saturated heterocycles. The van der Waals surface area contributed by atoms with Gasteiger partial charge in [0, 0.05) is 34.4 Å². The van der Waals surface area contributed by atoms with E-state index in [0.29, 0.717) is 35.1 Å². The third kappa shape index (κ3) is 4.52. The fourth-order valence-corrected chi connectivity index (χ4v) is 3.63. The summed E-state index contributed by atoms with van der Waals surface area (Å²) in [6, 6.07) is 10.7. The molecule has 0 unspecified atom stereocenters. The minimum absolute atomic E-state index is 0.119. The van der Waals surface area contributed by atoms with Gasteiger partial charge in [0.25, 0.3) is 5.91 Å². The van der Waals surface area contributed by atoms with Crippen molar-refractivity contribution in [3.63, 3.8) is 0 Å². The van der Waals surface area contributed by atoms with Crippen molar-refractivity contribution in [3.05, 3.63) is 75.8 Å². The molecule has 3 rings (SSSR count). The summed E-state index contributed by atoms with van der Waals surface area (Å²) >= 11 is 12.1. The van der Waals surface area contributed by atoms with Gasteiger partial charge in [0.05, 0.1) is 0 Å². The van der Waals surface area contributed by atoms with Gasteiger partial charge in [-0.15, -0.1) is 0 Å². The van der Waals surface area contributed by atoms with Gasteiger partial charge in [-0.05, 0) is 72.9 Å². The highest BCUT2D eigenvalue weighted by molar-refractivity contribution is 6.33. The maximum Gasteiger partial charge on any atom is 0.251 e. The van der Waals surface area contributed by atoms with E-state index in [1.54, 1.807) is 29.2 Å². The highest BCUT2D eigenvalue weighted by atomic mass is 35.5. The lowest BCUT2D eigenvalue weighted by Gasteiger charge is -2.28. The zero-order valence-electron chi connectivity index (χ0n) is 14.8. The summed E-state index contributed by atoms with van der Waals surface area (Å²) in [5, 5.41) is 4.16. The lowest BCUT2D eigenvalue weighted by Crippen LogP contribution is -2.34. The van der Waals surface area contributed by atoms with E-state index in [2.05, 4.69) is 11.9 Å². The molecule has 0 atom stereocenters. The van der Waals surface area contributed by atoms with Gasteiger partial charge in [-0.3, -0.25) is 9.59 Å². The van der Waals surface area contributed by atoms with Crippen molar-refractivity contribution in [1.82, 2.24) is 5.32 Å². The number of fused-ring (bicyclic) bond motifs is 1. The molecule has 0 bridgehead atoms. The van der Waals surface area contributed by atoms with Gasteiger partial charge in [0.15, 0.2) is 0 Å². The minimum atomic E-state index is -0.150. The molecule has 0 spiro atoms. The summed E-state index contributed by atoms with van der Waals surface area (Å²) in [7, 11) is 0. The smallest absolute Gasteiger partial charge is 0.251 e. The van der Waals surface area contributed by atoms with Gasteiger partial charge >= 0.3 is 0 Å². The van der Waals surface area contributed by atoms with Crippen molar-refractivity contribution >= 4 is 40.7 Å². The largest absolute Gasteiger partial charge is 0.352 e. The number of halogens is 2. The van der Waals surface area contributed by atoms with Crippen LogP contribution in [-0.2, 0) is 17.6 Å². The molecule has 27 heavy (non-hydrogen) atoms. The van der Waals surface area contributed by atoms with Crippen LogP contribution in [0, 0.1) is 0 Å². The SMILES string of the molecule is C=CC(=O)N1CCCc2cc(C(=O)NCCc3cc(Cl)ccc3Cl)ccc21. The van der Waals surface area contributed by atoms with E-state index in [1.165, 1.54) is 6.08 Å². The van der Waals surface area contributed by atoms with Gasteiger partial charge in [-0.25, -0.2) is 0 Å². The molecule has 2 aromatic carbocycles. The van der Waals surface area contributed by atoms with Crippen molar-refractivity contribution in [3.8, 4) is 0 Å². The molecule has 4 nitrogen and oxygen atoms in total. The predicted octanol–water partition coefficient (Wildman–Crippen LogP) is 4.43. The van der Waals surface area contributed by atoms with Crippen molar-refractivity contribution < 1.29 is 9.59 Å². The summed E-state index contributed by atoms with van der Waals surface area (Å²) in [6.07, 6.45) is 3.62. The van der Waals surface area contributed by atoms with Gasteiger partial charge < -0.3 is 10.2 Å². The molecule has 1 aliphatic rings. The molecule has 0 fully saturated rings. The maximum absolute atomic E-state index is 12.5. The molecule has 0 radical (unpaired) electrons. The van der Waals surface area contributed by atoms with E-state index in [9.17, 15) is 9.59 Å². The standard InChI is InChI=1S/C21H20Cl2N2O2/c1-2-20(26)25-11-3-4-15-12-16(5-8-19(15)25)21(27)24-10-9-14-13-17(22)6-7-18(14)23/h2,5-8,12-13H,1,3-4,9-11H2,(H,24,27). The lowest BCUT2D eigenvalue weighted by molar-refractivity contribution is -0.114. The number of amides is 2. The Morgan fingerprint density at radius 2 is 2.00 bits per heavy atom. The molecular formula is C21H20Cl2N2O2. The predicted molar refractivity (Wildman–Crippen MR) is 110 cm³/mol. The number of hydrogen-bond donors (Lipinski definition) is 1. The second-order valence-electron chi connectivity index (χ2n) is 6.38. The van der Waals surface area contributed by atoms with E-state index >= 15 is 0 Å². The third-order valence-corrected chi connectivity index (χ3v) is 5.19. The Morgan fingerprint density at radius 1 is 1.19 bits per heavy atom. The van der Waals surface area contributed by atoms with Crippen molar-refractivity contribution in [1.29, 1.82) is 0 Å². The van der Waals surface area contributed by atoms with E-state index in [-0.39, 0.29) is 11.8 Å². The highest BCUT2D eigenvalue weighted by Gasteiger charge is 2.21. The zero-order chi connectivity index (χ0) is 19.4. The van der Waals surface area contributed by atoms with E-state index in [0.717, 1.165) is 29.7 Å². The Labute approximate surface area is 168 Å². The third-order valence-electron chi connectivity index (χ3n) is 4.59. The second kappa shape index (κ2) is 8.59. The van der Waals surface area contributed by atoms with Crippen LogP contribution in [0.4, 0.5) is 5.69 Å². The molecular weight excluding hydrogens is 383 g/mol. The van der Waals surface area contributed by atoms with Crippen LogP contribution in [0.25, 0.3) is 0 Å². The molecule has 140 valence electrons. The molecule has 2 aromatic rings. The first-order valence-corrected chi connectivity index (χ1v) is 9.54. The first kappa shape index (κ1) is 19.5. The maximum atomic E-state index is 12.5. The summed E-state index contributed by atoms with van der Waals surface area (Å²) in [4.78, 5) is 26.2. The normalized spacial score (nSPS) is 13.0. The fourth-order valence-electron chi connectivity index (χ4n) is 3.23. The van der Waals surface area contributed by atoms with Crippen molar-refractivity contribution in [2.24, 2.45) is 0 Å². The van der Waals surface area contributed by atoms with Crippen LogP contribution >= 0.6 is 23.2 Å². The molecule has 6 heteroatoms. The summed E-state index contributed by atoms with van der Waals surface area (Å²) in [5.41, 5.74) is 3.34. The number of benzene rings is 2. The molecule has 0 saturated carbocycles. The van der Waals surface area contributed by atoms with Crippen molar-refractivity contribution in [2.45, 2.75) is 19.3 Å². The molecule has 0 aliphatic carbocycles. The number of nitrogens with one attached hydrogen (secondary N) is 1. The molecule has 1 aliphatic heterocycles. The zero-order valence-corrected chi connectivity index (χ0v) is 16.3. The minimum Gasteiger partial charge on any atom is -0.352 e. The van der Waals surface area contributed by atoms with Crippen LogP contribution in [0.15, 0.2) is 49.1 Å². The van der Waals surface area contributed by atoms with Crippen LogP contribution < -0.4 is 10.2 Å². The quantitative estimate of drug-likeness (QED) is 0.751. The average molecular weight is 403 g/mol. The van der Waals surface area contributed by atoms with Gasteiger partial charge in [0.1, 0.15) is 0 Å². The van der Waals surface area contributed by atoms with Crippen LogP contribution in [0.5, 0.6) is 0 Å². The number of carbonyl (C=O) groups is 2. The first-order valence-electron chi connectivity index (χ1n) is 8.78. The Balaban J connectivity index is 1.66. The number of rotatable bonds is 5. The first-order chi connectivity index (χ1) is 13.0. The van der Waals surface area contributed by atoms with E-state index < -0.39 is 0 Å². The average Bonchev–Trinajstić information content (AvgIpc) is 2.69. The summed E-state index contributed by atoms with van der Waals surface area (Å²) in [5.74, 6) is -0.269. The lowest BCUT2D eigenvalue weighted by atomic mass is 9.98. The Hall–Kier alpha value is -2.30. The van der Waals surface area contributed by atoms with Crippen LogP contribution in [0.2, 0.25) is 10.0 Å². The Kier molecular flexibility index (Phi) is 6.19. The fraction of sp³-hybridized carbons (Fsp3) is 0.238. The number of anilines is 1. The van der Waals surface area contributed by atoms with Gasteiger partial charge in [-0.2, -0.15) is 0 Å². The molecule has 1 N–H and O–H groups in total. The molecule has 0 aromatic heterocycles. The number of aryl methyl sites for hydroxylation is 1. The van der Waals surface area contributed by atoms with Crippen LogP contribution in [0.3, 0.4) is 0 Å². The molecule has 2 amide bonds. The highest BCUT2D eigenvalue weighted by Crippen LogP contribution is 2.28. The second-order valence-corrected chi connectivity index (χ2v) is 7.23. The monoisotopic (exact) mass is 402 g/mol. The number of hydrogen-bond acceptors (Lipinski definition) is 2. The van der Waals surface area contributed by atoms with E-state index in [1.807, 2.05) is 12.1 Å². The Morgan fingerprint density at radius 3 is 2.78 bits per heavy atom. The molecule has 1 heterocycles. The summed E-state index contributed by atoms with van der Waals surface area (Å²) < 4.78 is 0. The van der Waals surface area contributed by atoms with Crippen LogP contribution in [0.1, 0.15) is 27.9 Å². The Bertz CT molecular complexity index is 896. The van der Waals surface area contributed by atoms with Crippen LogP contribution in [-0.4, -0.2) is 24.9 Å². The number of carbonyl (C=O) groups excluding carboxylic acids is 2. The van der Waals surface area contributed by atoms with Gasteiger partial charge in [0.2, 0.25) is 5.91 Å². The van der Waals surface area contributed by atoms with Crippen molar-refractivity contribution in [2.75, 3.05) is 18.0 Å². The topological polar surface area (TPSA) is 49.4 Å². The number of nitrogens with zero attached hydrogens (tertiary/aromatic N) is 1. The van der Waals surface area contributed by atoms with Gasteiger partial charge in [-0.1, -0.05) is 29.8 Å². The van der Waals surface area contributed by atoms with E-state index in [4.69, 9.17) is 23.2 Å². The summed E-state index contributed by atoms with van der Waals surface area (Å²) in [6.45, 7) is 4.68.